The van der Waals surface area contributed by atoms with Crippen molar-refractivity contribution < 1.29 is 9.59 Å². The zero-order valence-electron chi connectivity index (χ0n) is 16.0. The Bertz CT molecular complexity index is 992. The van der Waals surface area contributed by atoms with Crippen LogP contribution in [0.2, 0.25) is 0 Å². The number of amides is 3. The zero-order chi connectivity index (χ0) is 20.2. The second kappa shape index (κ2) is 8.44. The van der Waals surface area contributed by atoms with Crippen LogP contribution in [0.1, 0.15) is 34.9 Å². The van der Waals surface area contributed by atoms with Crippen molar-refractivity contribution in [2.75, 3.05) is 23.7 Å². The molecule has 0 spiro atoms. The van der Waals surface area contributed by atoms with Gasteiger partial charge in [-0.2, -0.15) is 5.10 Å². The molecule has 3 amide bonds. The number of carbonyl (C=O) groups is 2. The van der Waals surface area contributed by atoms with E-state index in [0.717, 1.165) is 24.1 Å². The van der Waals surface area contributed by atoms with Gasteiger partial charge in [0, 0.05) is 30.2 Å². The number of hydrogen-bond acceptors (Lipinski definition) is 5. The second-order valence-electron chi connectivity index (χ2n) is 6.95. The molecule has 1 aromatic carbocycles. The van der Waals surface area contributed by atoms with Gasteiger partial charge < -0.3 is 10.2 Å². The van der Waals surface area contributed by atoms with Crippen LogP contribution in [-0.2, 0) is 0 Å². The second-order valence-corrected chi connectivity index (χ2v) is 7.67. The minimum Gasteiger partial charge on any atom is -0.337 e. The predicted octanol–water partition coefficient (Wildman–Crippen LogP) is 3.77. The molecule has 1 aliphatic rings. The maximum absolute atomic E-state index is 12.4. The molecule has 1 saturated heterocycles. The van der Waals surface area contributed by atoms with Crippen LogP contribution < -0.4 is 10.6 Å². The molecule has 0 bridgehead atoms. The molecule has 1 fully saturated rings. The number of anilines is 2. The molecule has 150 valence electrons. The third kappa shape index (κ3) is 4.29. The van der Waals surface area contributed by atoms with Gasteiger partial charge in [-0.1, -0.05) is 18.2 Å². The fourth-order valence-corrected chi connectivity index (χ4v) is 4.01. The van der Waals surface area contributed by atoms with E-state index in [9.17, 15) is 9.59 Å². The number of benzene rings is 1. The SMILES string of the molecule is Cc1ccccc1NC(=O)Nc1ccnn1C1CCN(C(=O)c2cscn2)CC1. The summed E-state index contributed by atoms with van der Waals surface area (Å²) in [6.45, 7) is 3.21. The molecule has 3 aromatic rings. The minimum absolute atomic E-state index is 0.0267. The molecule has 8 nitrogen and oxygen atoms in total. The smallest absolute Gasteiger partial charge is 0.324 e. The molecule has 4 rings (SSSR count). The first kappa shape index (κ1) is 19.1. The average Bonchev–Trinajstić information content (AvgIpc) is 3.42. The molecule has 0 atom stereocenters. The summed E-state index contributed by atoms with van der Waals surface area (Å²) in [5.74, 6) is 0.612. The number of aryl methyl sites for hydroxylation is 1. The van der Waals surface area contributed by atoms with Gasteiger partial charge in [-0.15, -0.1) is 11.3 Å². The van der Waals surface area contributed by atoms with Crippen molar-refractivity contribution >= 4 is 34.8 Å². The quantitative estimate of drug-likeness (QED) is 0.685. The molecule has 2 aromatic heterocycles. The number of nitrogens with one attached hydrogen (secondary N) is 2. The summed E-state index contributed by atoms with van der Waals surface area (Å²) in [6, 6.07) is 9.22. The molecular formula is C20H22N6O2S. The van der Waals surface area contributed by atoms with Crippen molar-refractivity contribution in [1.29, 1.82) is 0 Å². The highest BCUT2D eigenvalue weighted by Crippen LogP contribution is 2.26. The topological polar surface area (TPSA) is 92.2 Å². The molecular weight excluding hydrogens is 388 g/mol. The molecule has 29 heavy (non-hydrogen) atoms. The normalized spacial score (nSPS) is 14.6. The van der Waals surface area contributed by atoms with E-state index in [1.165, 1.54) is 11.3 Å². The standard InChI is InChI=1S/C20H22N6O2S/c1-14-4-2-3-5-16(14)23-20(28)24-18-6-9-22-26(18)15-7-10-25(11-8-15)19(27)17-12-29-13-21-17/h2-6,9,12-13,15H,7-8,10-11H2,1H3,(H2,23,24,28). The first-order valence-corrected chi connectivity index (χ1v) is 10.4. The molecule has 9 heteroatoms. The molecule has 1 aliphatic heterocycles. The van der Waals surface area contributed by atoms with E-state index in [2.05, 4.69) is 20.7 Å². The van der Waals surface area contributed by atoms with Gasteiger partial charge >= 0.3 is 6.03 Å². The molecule has 3 heterocycles. The number of likely N-dealkylation sites (tertiary alicyclic amines) is 1. The first-order chi connectivity index (χ1) is 14.1. The number of para-hydroxylation sites is 1. The van der Waals surface area contributed by atoms with Crippen molar-refractivity contribution in [2.24, 2.45) is 0 Å². The van der Waals surface area contributed by atoms with Crippen LogP contribution >= 0.6 is 11.3 Å². The maximum Gasteiger partial charge on any atom is 0.324 e. The van der Waals surface area contributed by atoms with Crippen LogP contribution in [0.15, 0.2) is 47.4 Å². The fourth-order valence-electron chi connectivity index (χ4n) is 3.48. The maximum atomic E-state index is 12.4. The van der Waals surface area contributed by atoms with Gasteiger partial charge in [-0.25, -0.2) is 14.5 Å². The number of aromatic nitrogens is 3. The summed E-state index contributed by atoms with van der Waals surface area (Å²) in [5, 5.41) is 11.9. The molecule has 0 saturated carbocycles. The zero-order valence-corrected chi connectivity index (χ0v) is 16.9. The van der Waals surface area contributed by atoms with Crippen LogP contribution in [-0.4, -0.2) is 44.7 Å². The van der Waals surface area contributed by atoms with Crippen molar-refractivity contribution in [3.8, 4) is 0 Å². The van der Waals surface area contributed by atoms with Crippen molar-refractivity contribution in [3.05, 3.63) is 58.7 Å². The summed E-state index contributed by atoms with van der Waals surface area (Å²) in [4.78, 5) is 30.8. The number of urea groups is 1. The van der Waals surface area contributed by atoms with E-state index in [4.69, 9.17) is 0 Å². The fraction of sp³-hybridized carbons (Fsp3) is 0.300. The Morgan fingerprint density at radius 3 is 2.66 bits per heavy atom. The van der Waals surface area contributed by atoms with E-state index in [0.29, 0.717) is 24.6 Å². The Morgan fingerprint density at radius 2 is 1.93 bits per heavy atom. The molecule has 2 N–H and O–H groups in total. The number of nitrogens with zero attached hydrogens (tertiary/aromatic N) is 4. The monoisotopic (exact) mass is 410 g/mol. The lowest BCUT2D eigenvalue weighted by atomic mass is 10.0. The first-order valence-electron chi connectivity index (χ1n) is 9.46. The van der Waals surface area contributed by atoms with E-state index in [-0.39, 0.29) is 18.0 Å². The van der Waals surface area contributed by atoms with Gasteiger partial charge in [0.1, 0.15) is 11.5 Å². The Hall–Kier alpha value is -3.20. The molecule has 0 unspecified atom stereocenters. The van der Waals surface area contributed by atoms with Crippen LogP contribution in [0, 0.1) is 6.92 Å². The lowest BCUT2D eigenvalue weighted by molar-refractivity contribution is 0.0686. The Morgan fingerprint density at radius 1 is 1.14 bits per heavy atom. The van der Waals surface area contributed by atoms with E-state index < -0.39 is 0 Å². The van der Waals surface area contributed by atoms with Gasteiger partial charge in [0.2, 0.25) is 0 Å². The highest BCUT2D eigenvalue weighted by atomic mass is 32.1. The van der Waals surface area contributed by atoms with Gasteiger partial charge in [0.15, 0.2) is 0 Å². The minimum atomic E-state index is -0.308. The number of carbonyl (C=O) groups excluding carboxylic acids is 2. The summed E-state index contributed by atoms with van der Waals surface area (Å²) >= 11 is 1.42. The number of rotatable bonds is 4. The van der Waals surface area contributed by atoms with Gasteiger partial charge in [-0.3, -0.25) is 10.1 Å². The number of thiazole rings is 1. The number of piperidine rings is 1. The highest BCUT2D eigenvalue weighted by Gasteiger charge is 2.27. The van der Waals surface area contributed by atoms with Gasteiger partial charge in [-0.05, 0) is 31.4 Å². The van der Waals surface area contributed by atoms with E-state index in [1.807, 2.05) is 40.8 Å². The van der Waals surface area contributed by atoms with Crippen LogP contribution in [0.25, 0.3) is 0 Å². The van der Waals surface area contributed by atoms with Crippen LogP contribution in [0.3, 0.4) is 0 Å². The summed E-state index contributed by atoms with van der Waals surface area (Å²) < 4.78 is 1.84. The van der Waals surface area contributed by atoms with E-state index in [1.54, 1.807) is 23.2 Å². The molecule has 0 radical (unpaired) electrons. The van der Waals surface area contributed by atoms with E-state index >= 15 is 0 Å². The van der Waals surface area contributed by atoms with Crippen molar-refractivity contribution in [1.82, 2.24) is 19.7 Å². The number of hydrogen-bond donors (Lipinski definition) is 2. The summed E-state index contributed by atoms with van der Waals surface area (Å²) in [6.07, 6.45) is 3.22. The summed E-state index contributed by atoms with van der Waals surface area (Å²) in [5.41, 5.74) is 3.94. The largest absolute Gasteiger partial charge is 0.337 e. The Labute approximate surface area is 172 Å². The van der Waals surface area contributed by atoms with Crippen LogP contribution in [0.5, 0.6) is 0 Å². The van der Waals surface area contributed by atoms with Crippen molar-refractivity contribution in [2.45, 2.75) is 25.8 Å². The lowest BCUT2D eigenvalue weighted by Gasteiger charge is -2.32. The Kier molecular flexibility index (Phi) is 5.57. The molecule has 0 aliphatic carbocycles. The predicted molar refractivity (Wildman–Crippen MR) is 112 cm³/mol. The van der Waals surface area contributed by atoms with Gasteiger partial charge in [0.05, 0.1) is 17.7 Å². The highest BCUT2D eigenvalue weighted by molar-refractivity contribution is 7.07. The van der Waals surface area contributed by atoms with Gasteiger partial charge in [0.25, 0.3) is 5.91 Å². The average molecular weight is 411 g/mol. The van der Waals surface area contributed by atoms with Crippen LogP contribution in [0.4, 0.5) is 16.3 Å². The summed E-state index contributed by atoms with van der Waals surface area (Å²) in [7, 11) is 0. The third-order valence-electron chi connectivity index (χ3n) is 5.05. The third-order valence-corrected chi connectivity index (χ3v) is 5.64. The Balaban J connectivity index is 1.36. The van der Waals surface area contributed by atoms with Crippen molar-refractivity contribution in [3.63, 3.8) is 0 Å². The lowest BCUT2D eigenvalue weighted by Crippen LogP contribution is -2.39.